The van der Waals surface area contributed by atoms with Crippen LogP contribution < -0.4 is 5.73 Å². The maximum absolute atomic E-state index is 6.30. The van der Waals surface area contributed by atoms with Crippen LogP contribution in [0.15, 0.2) is 54.6 Å². The minimum Gasteiger partial charge on any atom is -0.384 e. The van der Waals surface area contributed by atoms with E-state index in [0.29, 0.717) is 6.54 Å². The van der Waals surface area contributed by atoms with E-state index >= 15 is 0 Å². The lowest BCUT2D eigenvalue weighted by molar-refractivity contribution is 0.699. The number of aromatic nitrogens is 2. The second kappa shape index (κ2) is 6.24. The molecule has 3 nitrogen and oxygen atoms in total. The Labute approximate surface area is 135 Å². The maximum atomic E-state index is 6.30. The number of halogens is 1. The average molecular weight is 312 g/mol. The van der Waals surface area contributed by atoms with E-state index in [4.69, 9.17) is 22.4 Å². The molecule has 4 heteroatoms. The van der Waals surface area contributed by atoms with Crippen molar-refractivity contribution in [3.05, 3.63) is 70.7 Å². The molecule has 0 aliphatic heterocycles. The SMILES string of the molecule is CCc1c(-c2ccc(Cl)cc2)nn(Cc2ccccc2)c1N. The molecule has 0 radical (unpaired) electrons. The standard InChI is InChI=1S/C18H18ClN3/c1-2-16-17(14-8-10-15(19)11-9-14)21-22(18(16)20)12-13-6-4-3-5-7-13/h3-11H,2,12,20H2,1H3. The zero-order valence-electron chi connectivity index (χ0n) is 12.5. The lowest BCUT2D eigenvalue weighted by atomic mass is 10.1. The monoisotopic (exact) mass is 311 g/mol. The van der Waals surface area contributed by atoms with Crippen molar-refractivity contribution in [2.45, 2.75) is 19.9 Å². The van der Waals surface area contributed by atoms with Gasteiger partial charge < -0.3 is 5.73 Å². The van der Waals surface area contributed by atoms with E-state index in [1.54, 1.807) is 0 Å². The zero-order chi connectivity index (χ0) is 15.5. The lowest BCUT2D eigenvalue weighted by Crippen LogP contribution is -2.06. The summed E-state index contributed by atoms with van der Waals surface area (Å²) in [5, 5.41) is 5.45. The predicted octanol–water partition coefficient (Wildman–Crippen LogP) is 4.40. The molecule has 112 valence electrons. The van der Waals surface area contributed by atoms with Gasteiger partial charge in [0.15, 0.2) is 0 Å². The summed E-state index contributed by atoms with van der Waals surface area (Å²) < 4.78 is 1.87. The van der Waals surface area contributed by atoms with Crippen LogP contribution in [-0.4, -0.2) is 9.78 Å². The van der Waals surface area contributed by atoms with Crippen molar-refractivity contribution in [3.63, 3.8) is 0 Å². The summed E-state index contributed by atoms with van der Waals surface area (Å²) in [5.74, 6) is 0.733. The Kier molecular flexibility index (Phi) is 4.16. The third-order valence-electron chi connectivity index (χ3n) is 3.74. The Morgan fingerprint density at radius 2 is 1.73 bits per heavy atom. The van der Waals surface area contributed by atoms with E-state index in [-0.39, 0.29) is 0 Å². The van der Waals surface area contributed by atoms with Gasteiger partial charge in [-0.3, -0.25) is 0 Å². The van der Waals surface area contributed by atoms with Crippen molar-refractivity contribution in [2.75, 3.05) is 5.73 Å². The fraction of sp³-hybridized carbons (Fsp3) is 0.167. The fourth-order valence-corrected chi connectivity index (χ4v) is 2.70. The van der Waals surface area contributed by atoms with Crippen molar-refractivity contribution in [2.24, 2.45) is 0 Å². The van der Waals surface area contributed by atoms with Crippen molar-refractivity contribution in [3.8, 4) is 11.3 Å². The van der Waals surface area contributed by atoms with Crippen LogP contribution in [0.2, 0.25) is 5.02 Å². The second-order valence-corrected chi connectivity index (χ2v) is 5.65. The number of hydrogen-bond donors (Lipinski definition) is 1. The van der Waals surface area contributed by atoms with Crippen molar-refractivity contribution in [1.29, 1.82) is 0 Å². The molecule has 0 saturated carbocycles. The maximum Gasteiger partial charge on any atom is 0.125 e. The predicted molar refractivity (Wildman–Crippen MR) is 92.0 cm³/mol. The van der Waals surface area contributed by atoms with Gasteiger partial charge in [0, 0.05) is 16.1 Å². The Balaban J connectivity index is 2.01. The molecule has 0 saturated heterocycles. The normalized spacial score (nSPS) is 10.8. The Bertz CT molecular complexity index is 761. The molecule has 2 aromatic carbocycles. The molecule has 1 heterocycles. The number of rotatable bonds is 4. The first-order valence-electron chi connectivity index (χ1n) is 7.34. The summed E-state index contributed by atoms with van der Waals surface area (Å²) in [7, 11) is 0. The lowest BCUT2D eigenvalue weighted by Gasteiger charge is -2.04. The van der Waals surface area contributed by atoms with E-state index in [1.165, 1.54) is 5.56 Å². The Morgan fingerprint density at radius 1 is 1.05 bits per heavy atom. The molecule has 0 aliphatic rings. The van der Waals surface area contributed by atoms with Gasteiger partial charge in [-0.05, 0) is 24.1 Å². The van der Waals surface area contributed by atoms with E-state index in [1.807, 2.05) is 47.1 Å². The van der Waals surface area contributed by atoms with Crippen LogP contribution in [0.4, 0.5) is 5.82 Å². The third kappa shape index (κ3) is 2.85. The summed E-state index contributed by atoms with van der Waals surface area (Å²) in [4.78, 5) is 0. The highest BCUT2D eigenvalue weighted by molar-refractivity contribution is 6.30. The quantitative estimate of drug-likeness (QED) is 0.776. The van der Waals surface area contributed by atoms with Gasteiger partial charge in [-0.25, -0.2) is 4.68 Å². The van der Waals surface area contributed by atoms with E-state index in [9.17, 15) is 0 Å². The summed E-state index contributed by atoms with van der Waals surface area (Å²) in [6.07, 6.45) is 0.846. The third-order valence-corrected chi connectivity index (χ3v) is 3.99. The molecule has 2 N–H and O–H groups in total. The highest BCUT2D eigenvalue weighted by Crippen LogP contribution is 2.29. The summed E-state index contributed by atoms with van der Waals surface area (Å²) in [6.45, 7) is 2.77. The van der Waals surface area contributed by atoms with E-state index in [0.717, 1.165) is 34.1 Å². The molecule has 0 spiro atoms. The van der Waals surface area contributed by atoms with Crippen molar-refractivity contribution >= 4 is 17.4 Å². The van der Waals surface area contributed by atoms with E-state index < -0.39 is 0 Å². The van der Waals surface area contributed by atoms with Crippen molar-refractivity contribution < 1.29 is 0 Å². The topological polar surface area (TPSA) is 43.8 Å². The smallest absolute Gasteiger partial charge is 0.125 e. The number of nitrogens with two attached hydrogens (primary N) is 1. The summed E-state index contributed by atoms with van der Waals surface area (Å²) >= 11 is 5.97. The molecule has 0 aliphatic carbocycles. The molecule has 3 rings (SSSR count). The first-order valence-corrected chi connectivity index (χ1v) is 7.72. The summed E-state index contributed by atoms with van der Waals surface area (Å²) in [5.41, 5.74) is 10.5. The van der Waals surface area contributed by atoms with Gasteiger partial charge >= 0.3 is 0 Å². The molecule has 0 bridgehead atoms. The van der Waals surface area contributed by atoms with Crippen LogP contribution in [0.5, 0.6) is 0 Å². The Hall–Kier alpha value is -2.26. The number of benzene rings is 2. The first-order chi connectivity index (χ1) is 10.7. The first kappa shape index (κ1) is 14.7. The molecular formula is C18H18ClN3. The highest BCUT2D eigenvalue weighted by atomic mass is 35.5. The van der Waals surface area contributed by atoms with Gasteiger partial charge in [0.1, 0.15) is 5.82 Å². The number of anilines is 1. The largest absolute Gasteiger partial charge is 0.384 e. The van der Waals surface area contributed by atoms with Crippen LogP contribution >= 0.6 is 11.6 Å². The molecule has 22 heavy (non-hydrogen) atoms. The fourth-order valence-electron chi connectivity index (χ4n) is 2.58. The summed E-state index contributed by atoms with van der Waals surface area (Å²) in [6, 6.07) is 17.9. The second-order valence-electron chi connectivity index (χ2n) is 5.22. The zero-order valence-corrected chi connectivity index (χ0v) is 13.2. The van der Waals surface area contributed by atoms with Gasteiger partial charge in [-0.15, -0.1) is 0 Å². The molecule has 0 atom stereocenters. The van der Waals surface area contributed by atoms with Crippen LogP contribution in [0.1, 0.15) is 18.1 Å². The molecular weight excluding hydrogens is 294 g/mol. The molecule has 3 aromatic rings. The Morgan fingerprint density at radius 3 is 2.36 bits per heavy atom. The van der Waals surface area contributed by atoms with Gasteiger partial charge in [0.25, 0.3) is 0 Å². The number of hydrogen-bond acceptors (Lipinski definition) is 2. The van der Waals surface area contributed by atoms with Gasteiger partial charge in [-0.1, -0.05) is 61.0 Å². The van der Waals surface area contributed by atoms with Gasteiger partial charge in [-0.2, -0.15) is 5.10 Å². The number of nitrogen functional groups attached to an aromatic ring is 1. The number of nitrogens with zero attached hydrogens (tertiary/aromatic N) is 2. The van der Waals surface area contributed by atoms with Gasteiger partial charge in [0.05, 0.1) is 12.2 Å². The molecule has 0 unspecified atom stereocenters. The molecule has 0 amide bonds. The minimum atomic E-state index is 0.674. The van der Waals surface area contributed by atoms with Crippen LogP contribution in [0.3, 0.4) is 0 Å². The average Bonchev–Trinajstić information content (AvgIpc) is 2.85. The highest BCUT2D eigenvalue weighted by Gasteiger charge is 2.15. The minimum absolute atomic E-state index is 0.674. The van der Waals surface area contributed by atoms with E-state index in [2.05, 4.69) is 19.1 Å². The van der Waals surface area contributed by atoms with Crippen LogP contribution in [-0.2, 0) is 13.0 Å². The van der Waals surface area contributed by atoms with Crippen LogP contribution in [0.25, 0.3) is 11.3 Å². The van der Waals surface area contributed by atoms with Crippen LogP contribution in [0, 0.1) is 0 Å². The van der Waals surface area contributed by atoms with Gasteiger partial charge in [0.2, 0.25) is 0 Å². The molecule has 1 aromatic heterocycles. The van der Waals surface area contributed by atoms with Crippen molar-refractivity contribution in [1.82, 2.24) is 9.78 Å². The molecule has 0 fully saturated rings.